The molecular formula is C13H16N4O. The summed E-state index contributed by atoms with van der Waals surface area (Å²) in [7, 11) is 0. The lowest BCUT2D eigenvalue weighted by atomic mass is 10.0. The highest BCUT2D eigenvalue weighted by molar-refractivity contribution is 6.07. The lowest BCUT2D eigenvalue weighted by molar-refractivity contribution is 0.103. The highest BCUT2D eigenvalue weighted by Gasteiger charge is 2.13. The summed E-state index contributed by atoms with van der Waals surface area (Å²) in [4.78, 5) is 12.2. The van der Waals surface area contributed by atoms with Gasteiger partial charge in [0.05, 0.1) is 12.7 Å². The average Bonchev–Trinajstić information content (AvgIpc) is 2.87. The number of hydrogen-bond acceptors (Lipinski definition) is 4. The summed E-state index contributed by atoms with van der Waals surface area (Å²) < 4.78 is 1.58. The van der Waals surface area contributed by atoms with Gasteiger partial charge in [-0.2, -0.15) is 0 Å². The molecule has 2 rings (SSSR count). The Labute approximate surface area is 106 Å². The van der Waals surface area contributed by atoms with E-state index in [-0.39, 0.29) is 5.78 Å². The molecular weight excluding hydrogens is 228 g/mol. The number of rotatable bonds is 5. The van der Waals surface area contributed by atoms with Crippen molar-refractivity contribution in [3.8, 4) is 0 Å². The number of aryl methyl sites for hydroxylation is 1. The molecule has 0 amide bonds. The molecule has 18 heavy (non-hydrogen) atoms. The van der Waals surface area contributed by atoms with E-state index < -0.39 is 0 Å². The zero-order valence-electron chi connectivity index (χ0n) is 10.3. The number of benzene rings is 1. The molecule has 2 aromatic rings. The van der Waals surface area contributed by atoms with Crippen molar-refractivity contribution in [1.29, 1.82) is 0 Å². The van der Waals surface area contributed by atoms with Crippen LogP contribution in [0.3, 0.4) is 0 Å². The summed E-state index contributed by atoms with van der Waals surface area (Å²) in [5.74, 6) is -0.103. The molecule has 0 saturated heterocycles. The molecule has 0 radical (unpaired) electrons. The molecule has 5 nitrogen and oxygen atoms in total. The molecule has 1 heterocycles. The summed E-state index contributed by atoms with van der Waals surface area (Å²) in [6.45, 7) is 3.10. The Morgan fingerprint density at radius 1 is 1.44 bits per heavy atom. The van der Waals surface area contributed by atoms with Crippen LogP contribution in [0, 0.1) is 0 Å². The van der Waals surface area contributed by atoms with Gasteiger partial charge in [0.25, 0.3) is 0 Å². The van der Waals surface area contributed by atoms with E-state index in [4.69, 9.17) is 5.73 Å². The summed E-state index contributed by atoms with van der Waals surface area (Å²) in [5.41, 5.74) is 7.56. The van der Waals surface area contributed by atoms with Crippen LogP contribution in [-0.4, -0.2) is 27.3 Å². The van der Waals surface area contributed by atoms with Gasteiger partial charge in [0.1, 0.15) is 0 Å². The van der Waals surface area contributed by atoms with Gasteiger partial charge >= 0.3 is 0 Å². The maximum atomic E-state index is 12.2. The third-order valence-corrected chi connectivity index (χ3v) is 2.73. The summed E-state index contributed by atoms with van der Waals surface area (Å²) in [5, 5.41) is 7.74. The number of nitrogens with two attached hydrogens (primary N) is 1. The molecule has 0 aliphatic heterocycles. The van der Waals surface area contributed by atoms with Gasteiger partial charge in [-0.25, -0.2) is 0 Å². The maximum Gasteiger partial charge on any atom is 0.214 e. The van der Waals surface area contributed by atoms with Crippen LogP contribution in [0.15, 0.2) is 30.5 Å². The number of hydrogen-bond donors (Lipinski definition) is 1. The second kappa shape index (κ2) is 5.55. The third-order valence-electron chi connectivity index (χ3n) is 2.73. The van der Waals surface area contributed by atoms with Crippen LogP contribution in [0.2, 0.25) is 0 Å². The van der Waals surface area contributed by atoms with E-state index in [1.54, 1.807) is 16.9 Å². The minimum Gasteiger partial charge on any atom is -0.329 e. The van der Waals surface area contributed by atoms with E-state index in [2.05, 4.69) is 17.2 Å². The fraction of sp³-hybridized carbons (Fsp3) is 0.308. The third kappa shape index (κ3) is 2.62. The SMILES string of the molecule is CCc1cccc(C(=O)c2cn(CCN)nn2)c1. The molecule has 5 heteroatoms. The number of carbonyl (C=O) groups excluding carboxylic acids is 1. The first kappa shape index (κ1) is 12.4. The minimum absolute atomic E-state index is 0.103. The highest BCUT2D eigenvalue weighted by atomic mass is 16.1. The van der Waals surface area contributed by atoms with E-state index >= 15 is 0 Å². The molecule has 1 aromatic carbocycles. The molecule has 0 saturated carbocycles. The molecule has 2 N–H and O–H groups in total. The lowest BCUT2D eigenvalue weighted by Gasteiger charge is -2.00. The van der Waals surface area contributed by atoms with E-state index in [0.717, 1.165) is 12.0 Å². The van der Waals surface area contributed by atoms with Gasteiger partial charge in [0, 0.05) is 12.1 Å². The van der Waals surface area contributed by atoms with Gasteiger partial charge in [-0.05, 0) is 18.1 Å². The standard InChI is InChI=1S/C13H16N4O/c1-2-10-4-3-5-11(8-10)13(18)12-9-17(7-6-14)16-15-12/h3-5,8-9H,2,6-7,14H2,1H3. The molecule has 0 atom stereocenters. The molecule has 1 aromatic heterocycles. The van der Waals surface area contributed by atoms with Crippen molar-refractivity contribution < 1.29 is 4.79 Å². The molecule has 0 bridgehead atoms. The molecule has 94 valence electrons. The Balaban J connectivity index is 2.23. The van der Waals surface area contributed by atoms with Crippen LogP contribution >= 0.6 is 0 Å². The molecule has 0 aliphatic rings. The smallest absolute Gasteiger partial charge is 0.214 e. The number of carbonyl (C=O) groups is 1. The zero-order chi connectivity index (χ0) is 13.0. The van der Waals surface area contributed by atoms with Crippen molar-refractivity contribution >= 4 is 5.78 Å². The van der Waals surface area contributed by atoms with Crippen molar-refractivity contribution in [3.63, 3.8) is 0 Å². The van der Waals surface area contributed by atoms with Crippen LogP contribution < -0.4 is 5.73 Å². The Kier molecular flexibility index (Phi) is 3.84. The van der Waals surface area contributed by atoms with E-state index in [1.807, 2.05) is 18.2 Å². The number of ketones is 1. The Bertz CT molecular complexity index is 547. The molecule has 0 spiro atoms. The van der Waals surface area contributed by atoms with E-state index in [9.17, 15) is 4.79 Å². The topological polar surface area (TPSA) is 73.8 Å². The van der Waals surface area contributed by atoms with Crippen LogP contribution in [0.4, 0.5) is 0 Å². The lowest BCUT2D eigenvalue weighted by Crippen LogP contribution is -2.10. The van der Waals surface area contributed by atoms with E-state index in [0.29, 0.717) is 24.3 Å². The fourth-order valence-electron chi connectivity index (χ4n) is 1.72. The van der Waals surface area contributed by atoms with Gasteiger partial charge in [-0.1, -0.05) is 30.3 Å². The quantitative estimate of drug-likeness (QED) is 0.797. The summed E-state index contributed by atoms with van der Waals surface area (Å²) >= 11 is 0. The second-order valence-electron chi connectivity index (χ2n) is 4.04. The maximum absolute atomic E-state index is 12.2. The Morgan fingerprint density at radius 2 is 2.28 bits per heavy atom. The molecule has 0 unspecified atom stereocenters. The second-order valence-corrected chi connectivity index (χ2v) is 4.04. The van der Waals surface area contributed by atoms with Crippen molar-refractivity contribution in [2.75, 3.05) is 6.54 Å². The Hall–Kier alpha value is -2.01. The monoisotopic (exact) mass is 244 g/mol. The van der Waals surface area contributed by atoms with Gasteiger partial charge < -0.3 is 5.73 Å². The first-order valence-corrected chi connectivity index (χ1v) is 5.98. The predicted molar refractivity (Wildman–Crippen MR) is 68.3 cm³/mol. The molecule has 0 aliphatic carbocycles. The highest BCUT2D eigenvalue weighted by Crippen LogP contribution is 2.10. The average molecular weight is 244 g/mol. The first-order valence-electron chi connectivity index (χ1n) is 5.98. The van der Waals surface area contributed by atoms with Crippen LogP contribution in [-0.2, 0) is 13.0 Å². The van der Waals surface area contributed by atoms with Gasteiger partial charge in [-0.3, -0.25) is 9.48 Å². The zero-order valence-corrected chi connectivity index (χ0v) is 10.3. The largest absolute Gasteiger partial charge is 0.329 e. The minimum atomic E-state index is -0.103. The van der Waals surface area contributed by atoms with Crippen LogP contribution in [0.25, 0.3) is 0 Å². The number of nitrogens with zero attached hydrogens (tertiary/aromatic N) is 3. The normalized spacial score (nSPS) is 10.6. The Morgan fingerprint density at radius 3 is 3.00 bits per heavy atom. The van der Waals surface area contributed by atoms with Crippen molar-refractivity contribution in [2.45, 2.75) is 19.9 Å². The van der Waals surface area contributed by atoms with Crippen molar-refractivity contribution in [2.24, 2.45) is 5.73 Å². The molecule has 0 fully saturated rings. The van der Waals surface area contributed by atoms with E-state index in [1.165, 1.54) is 0 Å². The summed E-state index contributed by atoms with van der Waals surface area (Å²) in [6.07, 6.45) is 2.54. The summed E-state index contributed by atoms with van der Waals surface area (Å²) in [6, 6.07) is 7.58. The van der Waals surface area contributed by atoms with Gasteiger partial charge in [0.2, 0.25) is 5.78 Å². The van der Waals surface area contributed by atoms with Gasteiger partial charge in [0.15, 0.2) is 5.69 Å². The van der Waals surface area contributed by atoms with Crippen LogP contribution in [0.1, 0.15) is 28.5 Å². The van der Waals surface area contributed by atoms with Crippen LogP contribution in [0.5, 0.6) is 0 Å². The van der Waals surface area contributed by atoms with Crippen molar-refractivity contribution in [3.05, 3.63) is 47.3 Å². The number of aromatic nitrogens is 3. The van der Waals surface area contributed by atoms with Crippen molar-refractivity contribution in [1.82, 2.24) is 15.0 Å². The fourth-order valence-corrected chi connectivity index (χ4v) is 1.72. The first-order chi connectivity index (χ1) is 8.74. The predicted octanol–water partition coefficient (Wildman–Crippen LogP) is 1.03. The van der Waals surface area contributed by atoms with Gasteiger partial charge in [-0.15, -0.1) is 5.10 Å².